The fourth-order valence-corrected chi connectivity index (χ4v) is 2.68. The summed E-state index contributed by atoms with van der Waals surface area (Å²) in [4.78, 5) is 0. The van der Waals surface area contributed by atoms with Crippen LogP contribution in [0.5, 0.6) is 0 Å². The van der Waals surface area contributed by atoms with Crippen molar-refractivity contribution in [3.63, 3.8) is 0 Å². The summed E-state index contributed by atoms with van der Waals surface area (Å²) in [7, 11) is 0. The van der Waals surface area contributed by atoms with Crippen LogP contribution in [-0.4, -0.2) is 5.92 Å². The highest BCUT2D eigenvalue weighted by atomic mass is 19.3. The van der Waals surface area contributed by atoms with Crippen molar-refractivity contribution >= 4 is 11.0 Å². The first-order valence-electron chi connectivity index (χ1n) is 5.57. The van der Waals surface area contributed by atoms with Crippen LogP contribution in [0, 0.1) is 6.92 Å². The average molecular weight is 237 g/mol. The Hall–Kier alpha value is -1.42. The first kappa shape index (κ1) is 10.7. The SMILES string of the molecule is Cc1c(C2(N)CC(F)(F)C2)oc2ccccc12. The second kappa shape index (κ2) is 3.07. The Kier molecular flexibility index (Phi) is 1.94. The summed E-state index contributed by atoms with van der Waals surface area (Å²) < 4.78 is 31.6. The average Bonchev–Trinajstić information content (AvgIpc) is 2.54. The zero-order valence-corrected chi connectivity index (χ0v) is 9.47. The molecule has 2 N–H and O–H groups in total. The van der Waals surface area contributed by atoms with Gasteiger partial charge in [0.15, 0.2) is 0 Å². The summed E-state index contributed by atoms with van der Waals surface area (Å²) in [6, 6.07) is 7.49. The molecule has 90 valence electrons. The van der Waals surface area contributed by atoms with Crippen molar-refractivity contribution in [3.8, 4) is 0 Å². The molecule has 0 bridgehead atoms. The van der Waals surface area contributed by atoms with Crippen LogP contribution in [0.1, 0.15) is 24.2 Å². The Morgan fingerprint density at radius 3 is 2.47 bits per heavy atom. The van der Waals surface area contributed by atoms with Gasteiger partial charge in [-0.15, -0.1) is 0 Å². The third-order valence-electron chi connectivity index (χ3n) is 3.44. The molecule has 1 heterocycles. The van der Waals surface area contributed by atoms with Crippen LogP contribution in [0.4, 0.5) is 8.78 Å². The summed E-state index contributed by atoms with van der Waals surface area (Å²) in [5, 5.41) is 0.947. The Balaban J connectivity index is 2.10. The Morgan fingerprint density at radius 1 is 1.24 bits per heavy atom. The largest absolute Gasteiger partial charge is 0.459 e. The third kappa shape index (κ3) is 1.47. The standard InChI is InChI=1S/C13H13F2NO/c1-8-9-4-2-3-5-10(9)17-11(8)12(16)6-13(14,15)7-12/h2-5H,6-7,16H2,1H3. The summed E-state index contributed by atoms with van der Waals surface area (Å²) in [5.74, 6) is -2.15. The summed E-state index contributed by atoms with van der Waals surface area (Å²) in [6.07, 6.45) is -0.665. The molecule has 0 saturated heterocycles. The van der Waals surface area contributed by atoms with Crippen LogP contribution < -0.4 is 5.73 Å². The van der Waals surface area contributed by atoms with Gasteiger partial charge >= 0.3 is 0 Å². The van der Waals surface area contributed by atoms with Crippen molar-refractivity contribution in [2.75, 3.05) is 0 Å². The van der Waals surface area contributed by atoms with Crippen LogP contribution in [0.3, 0.4) is 0 Å². The molecule has 1 aliphatic carbocycles. The summed E-state index contributed by atoms with van der Waals surface area (Å²) >= 11 is 0. The van der Waals surface area contributed by atoms with Gasteiger partial charge in [0.1, 0.15) is 11.3 Å². The van der Waals surface area contributed by atoms with E-state index in [1.807, 2.05) is 31.2 Å². The first-order valence-corrected chi connectivity index (χ1v) is 5.57. The molecule has 1 saturated carbocycles. The zero-order chi connectivity index (χ0) is 12.3. The molecular weight excluding hydrogens is 224 g/mol. The van der Waals surface area contributed by atoms with Crippen molar-refractivity contribution < 1.29 is 13.2 Å². The summed E-state index contributed by atoms with van der Waals surface area (Å²) in [5.41, 5.74) is 6.57. The van der Waals surface area contributed by atoms with E-state index in [9.17, 15) is 8.78 Å². The number of aryl methyl sites for hydroxylation is 1. The molecule has 0 spiro atoms. The Labute approximate surface area is 97.4 Å². The minimum atomic E-state index is -2.65. The number of furan rings is 1. The number of rotatable bonds is 1. The monoisotopic (exact) mass is 237 g/mol. The highest BCUT2D eigenvalue weighted by molar-refractivity contribution is 5.82. The van der Waals surface area contributed by atoms with Crippen molar-refractivity contribution in [3.05, 3.63) is 35.6 Å². The lowest BCUT2D eigenvalue weighted by molar-refractivity contribution is -0.130. The molecule has 3 rings (SSSR count). The summed E-state index contributed by atoms with van der Waals surface area (Å²) in [6.45, 7) is 1.87. The quantitative estimate of drug-likeness (QED) is 0.826. The van der Waals surface area contributed by atoms with Gasteiger partial charge in [-0.05, 0) is 13.0 Å². The van der Waals surface area contributed by atoms with Crippen molar-refractivity contribution in [1.29, 1.82) is 0 Å². The maximum absolute atomic E-state index is 13.0. The number of halogens is 2. The highest BCUT2D eigenvalue weighted by Crippen LogP contribution is 2.51. The molecule has 1 aromatic heterocycles. The maximum Gasteiger partial charge on any atom is 0.252 e. The van der Waals surface area contributed by atoms with Crippen molar-refractivity contribution in [2.45, 2.75) is 31.2 Å². The maximum atomic E-state index is 13.0. The van der Waals surface area contributed by atoms with Gasteiger partial charge in [-0.1, -0.05) is 18.2 Å². The normalized spacial score (nSPS) is 21.4. The predicted octanol–water partition coefficient (Wildman–Crippen LogP) is 3.32. The minimum absolute atomic E-state index is 0.333. The Morgan fingerprint density at radius 2 is 1.88 bits per heavy atom. The van der Waals surface area contributed by atoms with E-state index in [-0.39, 0.29) is 12.8 Å². The lowest BCUT2D eigenvalue weighted by Crippen LogP contribution is -2.55. The fraction of sp³-hybridized carbons (Fsp3) is 0.385. The van der Waals surface area contributed by atoms with E-state index < -0.39 is 11.5 Å². The van der Waals surface area contributed by atoms with E-state index in [0.29, 0.717) is 11.3 Å². The van der Waals surface area contributed by atoms with Crippen LogP contribution in [0.25, 0.3) is 11.0 Å². The molecule has 17 heavy (non-hydrogen) atoms. The molecule has 0 radical (unpaired) electrons. The molecule has 0 atom stereocenters. The van der Waals surface area contributed by atoms with Crippen LogP contribution in [-0.2, 0) is 5.54 Å². The van der Waals surface area contributed by atoms with Crippen molar-refractivity contribution in [2.24, 2.45) is 5.73 Å². The number of alkyl halides is 2. The van der Waals surface area contributed by atoms with Gasteiger partial charge in [0.2, 0.25) is 0 Å². The molecule has 1 fully saturated rings. The van der Waals surface area contributed by atoms with Gasteiger partial charge in [-0.25, -0.2) is 8.78 Å². The number of nitrogens with two attached hydrogens (primary N) is 1. The number of hydrogen-bond donors (Lipinski definition) is 1. The van der Waals surface area contributed by atoms with Gasteiger partial charge in [-0.3, -0.25) is 0 Å². The van der Waals surface area contributed by atoms with Crippen LogP contribution in [0.2, 0.25) is 0 Å². The predicted molar refractivity (Wildman–Crippen MR) is 61.0 cm³/mol. The number of fused-ring (bicyclic) bond motifs is 1. The lowest BCUT2D eigenvalue weighted by Gasteiger charge is -2.43. The second-order valence-corrected chi connectivity index (χ2v) is 4.92. The topological polar surface area (TPSA) is 39.2 Å². The molecule has 4 heteroatoms. The third-order valence-corrected chi connectivity index (χ3v) is 3.44. The molecule has 0 unspecified atom stereocenters. The van der Waals surface area contributed by atoms with Gasteiger partial charge in [-0.2, -0.15) is 0 Å². The second-order valence-electron chi connectivity index (χ2n) is 4.92. The molecule has 1 aliphatic rings. The van der Waals surface area contributed by atoms with Crippen LogP contribution in [0.15, 0.2) is 28.7 Å². The molecule has 2 aromatic rings. The molecule has 2 nitrogen and oxygen atoms in total. The van der Waals surface area contributed by atoms with E-state index in [4.69, 9.17) is 10.2 Å². The zero-order valence-electron chi connectivity index (χ0n) is 9.47. The Bertz CT molecular complexity index is 580. The first-order chi connectivity index (χ1) is 7.91. The van der Waals surface area contributed by atoms with Crippen molar-refractivity contribution in [1.82, 2.24) is 0 Å². The molecule has 0 aliphatic heterocycles. The van der Waals surface area contributed by atoms with Gasteiger partial charge in [0, 0.05) is 23.8 Å². The minimum Gasteiger partial charge on any atom is -0.459 e. The van der Waals surface area contributed by atoms with Gasteiger partial charge in [0.05, 0.1) is 5.54 Å². The van der Waals surface area contributed by atoms with Gasteiger partial charge < -0.3 is 10.2 Å². The molecular formula is C13H13F2NO. The van der Waals surface area contributed by atoms with E-state index in [2.05, 4.69) is 0 Å². The number of hydrogen-bond acceptors (Lipinski definition) is 2. The molecule has 0 amide bonds. The fourth-order valence-electron chi connectivity index (χ4n) is 2.68. The smallest absolute Gasteiger partial charge is 0.252 e. The van der Waals surface area contributed by atoms with E-state index >= 15 is 0 Å². The highest BCUT2D eigenvalue weighted by Gasteiger charge is 2.57. The van der Waals surface area contributed by atoms with E-state index in [1.165, 1.54) is 0 Å². The van der Waals surface area contributed by atoms with E-state index in [1.54, 1.807) is 0 Å². The number of benzene rings is 1. The number of para-hydroxylation sites is 1. The van der Waals surface area contributed by atoms with Crippen LogP contribution >= 0.6 is 0 Å². The van der Waals surface area contributed by atoms with Gasteiger partial charge in [0.25, 0.3) is 5.92 Å². The molecule has 1 aromatic carbocycles. The van der Waals surface area contributed by atoms with E-state index in [0.717, 1.165) is 10.9 Å². The lowest BCUT2D eigenvalue weighted by atomic mass is 9.71.